The number of hydrogen-bond acceptors (Lipinski definition) is 5. The molecule has 6 heteroatoms. The fourth-order valence-corrected chi connectivity index (χ4v) is 3.00. The fourth-order valence-electron chi connectivity index (χ4n) is 3.00. The first-order valence-corrected chi connectivity index (χ1v) is 8.18. The fraction of sp³-hybridized carbons (Fsp3) is 0.706. The monoisotopic (exact) mass is 320 g/mol. The Hall–Kier alpha value is -1.85. The van der Waals surface area contributed by atoms with Gasteiger partial charge in [-0.15, -0.1) is 0 Å². The second-order valence-electron chi connectivity index (χ2n) is 7.28. The maximum absolute atomic E-state index is 12.3. The molecule has 6 nitrogen and oxygen atoms in total. The Morgan fingerprint density at radius 3 is 2.57 bits per heavy atom. The molecule has 0 aromatic carbocycles. The summed E-state index contributed by atoms with van der Waals surface area (Å²) in [6.45, 7) is 8.63. The smallest absolute Gasteiger partial charge is 0.227 e. The summed E-state index contributed by atoms with van der Waals surface area (Å²) in [5.74, 6) is 2.26. The average Bonchev–Trinajstić information content (AvgIpc) is 2.54. The first-order valence-electron chi connectivity index (χ1n) is 8.18. The van der Waals surface area contributed by atoms with Crippen molar-refractivity contribution < 1.29 is 9.53 Å². The summed E-state index contributed by atoms with van der Waals surface area (Å²) >= 11 is 0. The van der Waals surface area contributed by atoms with Gasteiger partial charge >= 0.3 is 0 Å². The van der Waals surface area contributed by atoms with Crippen molar-refractivity contribution in [2.24, 2.45) is 11.3 Å². The van der Waals surface area contributed by atoms with Crippen molar-refractivity contribution in [1.82, 2.24) is 14.9 Å². The Kier molecular flexibility index (Phi) is 5.44. The van der Waals surface area contributed by atoms with Crippen LogP contribution in [0.25, 0.3) is 0 Å². The molecule has 1 aliphatic rings. The summed E-state index contributed by atoms with van der Waals surface area (Å²) in [7, 11) is 3.52. The van der Waals surface area contributed by atoms with Gasteiger partial charge < -0.3 is 14.5 Å². The Labute approximate surface area is 138 Å². The molecule has 1 fully saturated rings. The maximum Gasteiger partial charge on any atom is 0.227 e. The number of nitrogens with zero attached hydrogens (tertiary/aromatic N) is 4. The highest BCUT2D eigenvalue weighted by atomic mass is 16.5. The van der Waals surface area contributed by atoms with Gasteiger partial charge in [0.2, 0.25) is 11.8 Å². The molecule has 0 spiro atoms. The normalized spacial score (nSPS) is 16.3. The van der Waals surface area contributed by atoms with Crippen LogP contribution in [0, 0.1) is 11.3 Å². The van der Waals surface area contributed by atoms with Gasteiger partial charge in [0.1, 0.15) is 12.1 Å². The second kappa shape index (κ2) is 7.15. The van der Waals surface area contributed by atoms with Gasteiger partial charge in [0.15, 0.2) is 0 Å². The standard InChI is InChI=1S/C17H28N4O2/c1-17(2,3)16(22)20(4)11-13-6-8-21(9-7-13)14-10-15(23-5)19-12-18-14/h10,12-13H,6-9,11H2,1-5H3. The van der Waals surface area contributed by atoms with Crippen molar-refractivity contribution in [2.45, 2.75) is 33.6 Å². The number of ether oxygens (including phenoxy) is 1. The summed E-state index contributed by atoms with van der Waals surface area (Å²) < 4.78 is 5.16. The number of rotatable bonds is 4. The lowest BCUT2D eigenvalue weighted by atomic mass is 9.92. The van der Waals surface area contributed by atoms with E-state index in [0.29, 0.717) is 11.8 Å². The van der Waals surface area contributed by atoms with Crippen molar-refractivity contribution in [2.75, 3.05) is 38.7 Å². The molecular weight excluding hydrogens is 292 g/mol. The molecule has 0 atom stereocenters. The molecule has 0 saturated carbocycles. The van der Waals surface area contributed by atoms with Crippen molar-refractivity contribution in [1.29, 1.82) is 0 Å². The number of piperidine rings is 1. The maximum atomic E-state index is 12.3. The number of methoxy groups -OCH3 is 1. The van der Waals surface area contributed by atoms with Gasteiger partial charge in [-0.1, -0.05) is 20.8 Å². The second-order valence-corrected chi connectivity index (χ2v) is 7.28. The highest BCUT2D eigenvalue weighted by molar-refractivity contribution is 5.81. The predicted molar refractivity (Wildman–Crippen MR) is 90.6 cm³/mol. The predicted octanol–water partition coefficient (Wildman–Crippen LogP) is 2.21. The van der Waals surface area contributed by atoms with Crippen LogP contribution in [0.15, 0.2) is 12.4 Å². The first-order chi connectivity index (χ1) is 10.8. The zero-order chi connectivity index (χ0) is 17.0. The summed E-state index contributed by atoms with van der Waals surface area (Å²) in [5.41, 5.74) is -0.313. The summed E-state index contributed by atoms with van der Waals surface area (Å²) in [4.78, 5) is 24.8. The van der Waals surface area contributed by atoms with Crippen LogP contribution in [0.2, 0.25) is 0 Å². The van der Waals surface area contributed by atoms with E-state index in [1.165, 1.54) is 6.33 Å². The molecule has 2 heterocycles. The largest absolute Gasteiger partial charge is 0.481 e. The minimum Gasteiger partial charge on any atom is -0.481 e. The number of carbonyl (C=O) groups excluding carboxylic acids is 1. The number of amides is 1. The van der Waals surface area contributed by atoms with E-state index < -0.39 is 0 Å². The van der Waals surface area contributed by atoms with Gasteiger partial charge in [-0.2, -0.15) is 0 Å². The van der Waals surface area contributed by atoms with Crippen molar-refractivity contribution in [3.63, 3.8) is 0 Å². The van der Waals surface area contributed by atoms with Gasteiger partial charge in [-0.3, -0.25) is 4.79 Å². The van der Waals surface area contributed by atoms with E-state index in [1.807, 2.05) is 38.8 Å². The van der Waals surface area contributed by atoms with Gasteiger partial charge in [-0.05, 0) is 18.8 Å². The first kappa shape index (κ1) is 17.5. The van der Waals surface area contributed by atoms with Crippen LogP contribution in [-0.2, 0) is 4.79 Å². The minimum absolute atomic E-state index is 0.209. The quantitative estimate of drug-likeness (QED) is 0.851. The molecule has 1 amide bonds. The molecule has 0 N–H and O–H groups in total. The average molecular weight is 320 g/mol. The SMILES string of the molecule is COc1cc(N2CCC(CN(C)C(=O)C(C)(C)C)CC2)ncn1. The highest BCUT2D eigenvalue weighted by Crippen LogP contribution is 2.25. The molecule has 1 saturated heterocycles. The number of aromatic nitrogens is 2. The summed E-state index contributed by atoms with van der Waals surface area (Å²) in [6, 6.07) is 1.87. The van der Waals surface area contributed by atoms with Crippen LogP contribution in [0.5, 0.6) is 5.88 Å². The molecule has 128 valence electrons. The van der Waals surface area contributed by atoms with E-state index in [0.717, 1.165) is 38.3 Å². The zero-order valence-electron chi connectivity index (χ0n) is 14.9. The lowest BCUT2D eigenvalue weighted by Gasteiger charge is -2.35. The van der Waals surface area contributed by atoms with Crippen LogP contribution < -0.4 is 9.64 Å². The van der Waals surface area contributed by atoms with Crippen LogP contribution >= 0.6 is 0 Å². The molecule has 23 heavy (non-hydrogen) atoms. The van der Waals surface area contributed by atoms with Gasteiger partial charge in [0.25, 0.3) is 0 Å². The van der Waals surface area contributed by atoms with Crippen molar-refractivity contribution in [3.05, 3.63) is 12.4 Å². The Morgan fingerprint density at radius 1 is 1.35 bits per heavy atom. The third-order valence-electron chi connectivity index (χ3n) is 4.30. The van der Waals surface area contributed by atoms with Gasteiger partial charge in [0.05, 0.1) is 7.11 Å². The van der Waals surface area contributed by atoms with Crippen LogP contribution in [0.4, 0.5) is 5.82 Å². The Balaban J connectivity index is 1.87. The van der Waals surface area contributed by atoms with Gasteiger partial charge in [0, 0.05) is 38.2 Å². The number of carbonyl (C=O) groups is 1. The van der Waals surface area contributed by atoms with E-state index in [1.54, 1.807) is 7.11 Å². The molecule has 0 unspecified atom stereocenters. The highest BCUT2D eigenvalue weighted by Gasteiger charge is 2.28. The summed E-state index contributed by atoms with van der Waals surface area (Å²) in [5, 5.41) is 0. The minimum atomic E-state index is -0.313. The molecule has 1 aromatic rings. The molecule has 0 aliphatic carbocycles. The molecule has 0 radical (unpaired) electrons. The lowest BCUT2D eigenvalue weighted by molar-refractivity contribution is -0.138. The number of hydrogen-bond donors (Lipinski definition) is 0. The number of anilines is 1. The van der Waals surface area contributed by atoms with E-state index in [4.69, 9.17) is 4.74 Å². The molecule has 0 bridgehead atoms. The van der Waals surface area contributed by atoms with E-state index in [2.05, 4.69) is 14.9 Å². The van der Waals surface area contributed by atoms with E-state index in [9.17, 15) is 4.79 Å². The van der Waals surface area contributed by atoms with Crippen LogP contribution in [0.1, 0.15) is 33.6 Å². The lowest BCUT2D eigenvalue weighted by Crippen LogP contribution is -2.42. The third kappa shape index (κ3) is 4.56. The van der Waals surface area contributed by atoms with E-state index in [-0.39, 0.29) is 11.3 Å². The van der Waals surface area contributed by atoms with Crippen molar-refractivity contribution >= 4 is 11.7 Å². The molecular formula is C17H28N4O2. The Morgan fingerprint density at radius 2 is 2.00 bits per heavy atom. The Bertz CT molecular complexity index is 534. The topological polar surface area (TPSA) is 58.6 Å². The van der Waals surface area contributed by atoms with Crippen LogP contribution in [0.3, 0.4) is 0 Å². The third-order valence-corrected chi connectivity index (χ3v) is 4.30. The zero-order valence-corrected chi connectivity index (χ0v) is 14.9. The molecule has 2 rings (SSSR count). The van der Waals surface area contributed by atoms with Crippen molar-refractivity contribution in [3.8, 4) is 5.88 Å². The van der Waals surface area contributed by atoms with E-state index >= 15 is 0 Å². The molecule has 1 aliphatic heterocycles. The van der Waals surface area contributed by atoms with Crippen LogP contribution in [-0.4, -0.2) is 54.6 Å². The van der Waals surface area contributed by atoms with Gasteiger partial charge in [-0.25, -0.2) is 9.97 Å². The summed E-state index contributed by atoms with van der Waals surface area (Å²) in [6.07, 6.45) is 3.66. The molecule has 1 aromatic heterocycles.